The van der Waals surface area contributed by atoms with Crippen LogP contribution in [0.4, 0.5) is 0 Å². The summed E-state index contributed by atoms with van der Waals surface area (Å²) in [5, 5.41) is 5.73. The lowest BCUT2D eigenvalue weighted by Crippen LogP contribution is -1.98. The van der Waals surface area contributed by atoms with Crippen LogP contribution in [0.15, 0.2) is 30.3 Å². The molecule has 0 aliphatic rings. The van der Waals surface area contributed by atoms with Crippen molar-refractivity contribution in [1.82, 2.24) is 9.78 Å². The van der Waals surface area contributed by atoms with E-state index in [1.165, 1.54) is 0 Å². The van der Waals surface area contributed by atoms with Crippen molar-refractivity contribution in [3.8, 4) is 5.69 Å². The molecule has 2 nitrogen and oxygen atoms in total. The Kier molecular flexibility index (Phi) is 3.22. The zero-order valence-electron chi connectivity index (χ0n) is 9.11. The molecule has 0 spiro atoms. The highest BCUT2D eigenvalue weighted by molar-refractivity contribution is 6.31. The number of rotatable bonds is 2. The number of hydrogen-bond donors (Lipinski definition) is 0. The topological polar surface area (TPSA) is 17.8 Å². The normalized spacial score (nSPS) is 11.1. The van der Waals surface area contributed by atoms with Gasteiger partial charge >= 0.3 is 0 Å². The molecule has 1 aromatic carbocycles. The molecule has 2 rings (SSSR count). The Morgan fingerprint density at radius 3 is 2.50 bits per heavy atom. The third kappa shape index (κ3) is 2.23. The fraction of sp³-hybridized carbons (Fsp3) is 0.250. The second-order valence-corrected chi connectivity index (χ2v) is 4.76. The van der Waals surface area contributed by atoms with Crippen LogP contribution in [0.1, 0.15) is 25.5 Å². The maximum atomic E-state index is 6.13. The van der Waals surface area contributed by atoms with Gasteiger partial charge in [0.15, 0.2) is 0 Å². The SMILES string of the molecule is CC(C)c1cc(Cl)n(-c2cccc(Cl)c2)n1. The van der Waals surface area contributed by atoms with Crippen LogP contribution in [-0.4, -0.2) is 9.78 Å². The van der Waals surface area contributed by atoms with Crippen LogP contribution in [-0.2, 0) is 0 Å². The number of hydrogen-bond acceptors (Lipinski definition) is 1. The van der Waals surface area contributed by atoms with E-state index in [0.29, 0.717) is 16.1 Å². The van der Waals surface area contributed by atoms with Crippen molar-refractivity contribution >= 4 is 23.2 Å². The van der Waals surface area contributed by atoms with Crippen LogP contribution in [0.2, 0.25) is 10.2 Å². The summed E-state index contributed by atoms with van der Waals surface area (Å²) in [4.78, 5) is 0. The molecule has 0 aliphatic carbocycles. The molecule has 16 heavy (non-hydrogen) atoms. The molecule has 0 aliphatic heterocycles. The molecule has 1 heterocycles. The summed E-state index contributed by atoms with van der Waals surface area (Å²) in [6.07, 6.45) is 0. The second kappa shape index (κ2) is 4.48. The highest BCUT2D eigenvalue weighted by atomic mass is 35.5. The summed E-state index contributed by atoms with van der Waals surface area (Å²) in [5.41, 5.74) is 1.86. The van der Waals surface area contributed by atoms with E-state index in [2.05, 4.69) is 18.9 Å². The van der Waals surface area contributed by atoms with Gasteiger partial charge in [-0.25, -0.2) is 4.68 Å². The first-order chi connectivity index (χ1) is 7.58. The van der Waals surface area contributed by atoms with E-state index in [1.807, 2.05) is 30.3 Å². The summed E-state index contributed by atoms with van der Waals surface area (Å²) in [5.74, 6) is 0.359. The molecule has 0 radical (unpaired) electrons. The minimum atomic E-state index is 0.359. The average molecular weight is 255 g/mol. The Morgan fingerprint density at radius 2 is 1.94 bits per heavy atom. The van der Waals surface area contributed by atoms with Gasteiger partial charge in [-0.2, -0.15) is 5.10 Å². The maximum Gasteiger partial charge on any atom is 0.133 e. The molecule has 0 saturated heterocycles. The summed E-state index contributed by atoms with van der Waals surface area (Å²) in [6, 6.07) is 9.35. The standard InChI is InChI=1S/C12H12Cl2N2/c1-8(2)11-7-12(14)16(15-11)10-5-3-4-9(13)6-10/h3-8H,1-2H3. The van der Waals surface area contributed by atoms with Crippen LogP contribution in [0.5, 0.6) is 0 Å². The molecule has 0 atom stereocenters. The molecule has 84 valence electrons. The zero-order valence-corrected chi connectivity index (χ0v) is 10.6. The fourth-order valence-corrected chi connectivity index (χ4v) is 1.88. The van der Waals surface area contributed by atoms with Gasteiger partial charge in [0.05, 0.1) is 11.4 Å². The van der Waals surface area contributed by atoms with Gasteiger partial charge < -0.3 is 0 Å². The average Bonchev–Trinajstić information content (AvgIpc) is 2.60. The van der Waals surface area contributed by atoms with E-state index >= 15 is 0 Å². The van der Waals surface area contributed by atoms with Gasteiger partial charge in [-0.3, -0.25) is 0 Å². The first-order valence-corrected chi connectivity index (χ1v) is 5.85. The minimum Gasteiger partial charge on any atom is -0.222 e. The largest absolute Gasteiger partial charge is 0.222 e. The summed E-state index contributed by atoms with van der Waals surface area (Å²) < 4.78 is 1.70. The van der Waals surface area contributed by atoms with E-state index in [1.54, 1.807) is 4.68 Å². The molecule has 1 aromatic heterocycles. The molecule has 0 amide bonds. The molecule has 2 aromatic rings. The van der Waals surface area contributed by atoms with Gasteiger partial charge in [0, 0.05) is 5.02 Å². The Hall–Kier alpha value is -0.990. The van der Waals surface area contributed by atoms with Gasteiger partial charge in [-0.15, -0.1) is 0 Å². The molecular formula is C12H12Cl2N2. The van der Waals surface area contributed by atoms with Crippen molar-refractivity contribution in [3.63, 3.8) is 0 Å². The Labute approximate surface area is 105 Å². The molecule has 0 fully saturated rings. The van der Waals surface area contributed by atoms with Crippen LogP contribution >= 0.6 is 23.2 Å². The molecule has 0 saturated carbocycles. The lowest BCUT2D eigenvalue weighted by atomic mass is 10.1. The molecule has 0 unspecified atom stereocenters. The van der Waals surface area contributed by atoms with Crippen molar-refractivity contribution in [2.75, 3.05) is 0 Å². The quantitative estimate of drug-likeness (QED) is 0.782. The van der Waals surface area contributed by atoms with Crippen molar-refractivity contribution in [3.05, 3.63) is 46.2 Å². The second-order valence-electron chi connectivity index (χ2n) is 3.94. The number of benzene rings is 1. The summed E-state index contributed by atoms with van der Waals surface area (Å²) >= 11 is 12.1. The molecular weight excluding hydrogens is 243 g/mol. The Bertz CT molecular complexity index is 503. The molecule has 4 heteroatoms. The van der Waals surface area contributed by atoms with Crippen LogP contribution in [0.25, 0.3) is 5.69 Å². The van der Waals surface area contributed by atoms with Gasteiger partial charge in [0.25, 0.3) is 0 Å². The highest BCUT2D eigenvalue weighted by Gasteiger charge is 2.10. The number of aromatic nitrogens is 2. The first-order valence-electron chi connectivity index (χ1n) is 5.09. The molecule has 0 bridgehead atoms. The predicted octanol–water partition coefficient (Wildman–Crippen LogP) is 4.30. The van der Waals surface area contributed by atoms with Crippen LogP contribution < -0.4 is 0 Å². The van der Waals surface area contributed by atoms with Crippen molar-refractivity contribution < 1.29 is 0 Å². The molecule has 0 N–H and O–H groups in total. The van der Waals surface area contributed by atoms with E-state index in [9.17, 15) is 0 Å². The van der Waals surface area contributed by atoms with Gasteiger partial charge in [-0.1, -0.05) is 43.1 Å². The first kappa shape index (κ1) is 11.5. The number of nitrogens with zero attached hydrogens (tertiary/aromatic N) is 2. The Balaban J connectivity index is 2.48. The highest BCUT2D eigenvalue weighted by Crippen LogP contribution is 2.23. The van der Waals surface area contributed by atoms with Gasteiger partial charge in [-0.05, 0) is 30.2 Å². The monoisotopic (exact) mass is 254 g/mol. The third-order valence-electron chi connectivity index (χ3n) is 2.33. The van der Waals surface area contributed by atoms with Crippen LogP contribution in [0.3, 0.4) is 0 Å². The summed E-state index contributed by atoms with van der Waals surface area (Å²) in [7, 11) is 0. The van der Waals surface area contributed by atoms with Gasteiger partial charge in [0.2, 0.25) is 0 Å². The van der Waals surface area contributed by atoms with Crippen molar-refractivity contribution in [2.45, 2.75) is 19.8 Å². The lowest BCUT2D eigenvalue weighted by molar-refractivity contribution is 0.768. The minimum absolute atomic E-state index is 0.359. The van der Waals surface area contributed by atoms with Crippen molar-refractivity contribution in [2.24, 2.45) is 0 Å². The van der Waals surface area contributed by atoms with E-state index in [-0.39, 0.29) is 0 Å². The van der Waals surface area contributed by atoms with Gasteiger partial charge in [0.1, 0.15) is 5.15 Å². The predicted molar refractivity (Wildman–Crippen MR) is 67.7 cm³/mol. The maximum absolute atomic E-state index is 6.13. The zero-order chi connectivity index (χ0) is 11.7. The van der Waals surface area contributed by atoms with E-state index in [4.69, 9.17) is 23.2 Å². The number of halogens is 2. The van der Waals surface area contributed by atoms with Crippen LogP contribution in [0, 0.1) is 0 Å². The fourth-order valence-electron chi connectivity index (χ4n) is 1.45. The smallest absolute Gasteiger partial charge is 0.133 e. The third-order valence-corrected chi connectivity index (χ3v) is 2.83. The lowest BCUT2D eigenvalue weighted by Gasteiger charge is -2.03. The Morgan fingerprint density at radius 1 is 1.19 bits per heavy atom. The summed E-state index contributed by atoms with van der Waals surface area (Å²) in [6.45, 7) is 4.17. The van der Waals surface area contributed by atoms with E-state index < -0.39 is 0 Å². The van der Waals surface area contributed by atoms with E-state index in [0.717, 1.165) is 11.4 Å². The van der Waals surface area contributed by atoms with Crippen molar-refractivity contribution in [1.29, 1.82) is 0 Å².